The minimum absolute atomic E-state index is 0.0623. The van der Waals surface area contributed by atoms with Crippen molar-refractivity contribution < 1.29 is 28.8 Å². The van der Waals surface area contributed by atoms with Gasteiger partial charge in [-0.05, 0) is 35.1 Å². The summed E-state index contributed by atoms with van der Waals surface area (Å²) in [6.45, 7) is 3.67. The van der Waals surface area contributed by atoms with Gasteiger partial charge in [0.1, 0.15) is 12.1 Å². The Morgan fingerprint density at radius 3 is 2.17 bits per heavy atom. The third-order valence-corrected chi connectivity index (χ3v) is 6.53. The van der Waals surface area contributed by atoms with Crippen molar-refractivity contribution in [2.75, 3.05) is 6.61 Å². The summed E-state index contributed by atoms with van der Waals surface area (Å²) in [4.78, 5) is 36.8. The summed E-state index contributed by atoms with van der Waals surface area (Å²) in [6, 6.07) is 17.3. The van der Waals surface area contributed by atoms with Crippen molar-refractivity contribution in [2.24, 2.45) is 0 Å². The average molecular weight is 478 g/mol. The highest BCUT2D eigenvalue weighted by molar-refractivity contribution is 5.90. The zero-order chi connectivity index (χ0) is 25.0. The van der Waals surface area contributed by atoms with Crippen molar-refractivity contribution in [1.82, 2.24) is 15.8 Å². The summed E-state index contributed by atoms with van der Waals surface area (Å²) in [6.07, 6.45) is -0.0226. The van der Waals surface area contributed by atoms with Crippen LogP contribution >= 0.6 is 0 Å². The molecule has 0 unspecified atom stereocenters. The summed E-state index contributed by atoms with van der Waals surface area (Å²) in [7, 11) is 0. The van der Waals surface area contributed by atoms with Crippen LogP contribution in [0.2, 0.25) is 0 Å². The van der Waals surface area contributed by atoms with Gasteiger partial charge in [0.15, 0.2) is 11.5 Å². The molecule has 0 radical (unpaired) electrons. The van der Waals surface area contributed by atoms with Gasteiger partial charge in [-0.15, -0.1) is 0 Å². The topological polar surface area (TPSA) is 131 Å². The molecule has 1 aliphatic carbocycles. The molecule has 4 rings (SSSR count). The number of benzene rings is 2. The van der Waals surface area contributed by atoms with Crippen molar-refractivity contribution in [3.8, 4) is 11.1 Å². The van der Waals surface area contributed by atoms with E-state index in [0.717, 1.165) is 22.3 Å². The van der Waals surface area contributed by atoms with Crippen LogP contribution in [0, 0.1) is 0 Å². The van der Waals surface area contributed by atoms with E-state index in [1.807, 2.05) is 36.4 Å². The van der Waals surface area contributed by atoms with Crippen LogP contribution < -0.4 is 10.6 Å². The Morgan fingerprint density at radius 2 is 1.63 bits per heavy atom. The quantitative estimate of drug-likeness (QED) is 0.423. The molecule has 9 heteroatoms. The van der Waals surface area contributed by atoms with E-state index < -0.39 is 23.5 Å². The third-order valence-electron chi connectivity index (χ3n) is 6.53. The Bertz CT molecular complexity index is 1200. The van der Waals surface area contributed by atoms with Crippen molar-refractivity contribution in [2.45, 2.75) is 44.7 Å². The van der Waals surface area contributed by atoms with E-state index >= 15 is 0 Å². The van der Waals surface area contributed by atoms with Crippen LogP contribution in [0.5, 0.6) is 0 Å². The first-order valence-corrected chi connectivity index (χ1v) is 11.5. The maximum absolute atomic E-state index is 13.0. The fourth-order valence-corrected chi connectivity index (χ4v) is 4.47. The highest BCUT2D eigenvalue weighted by Crippen LogP contribution is 2.44. The molecular formula is C26H27N3O6. The summed E-state index contributed by atoms with van der Waals surface area (Å²) >= 11 is 0. The largest absolute Gasteiger partial charge is 0.476 e. The number of hydrogen-bond donors (Lipinski definition) is 3. The molecule has 1 heterocycles. The van der Waals surface area contributed by atoms with E-state index in [1.54, 1.807) is 13.8 Å². The van der Waals surface area contributed by atoms with Gasteiger partial charge in [-0.3, -0.25) is 4.79 Å². The second kappa shape index (κ2) is 10.0. The maximum atomic E-state index is 13.0. The smallest absolute Gasteiger partial charge is 0.408 e. The molecule has 9 nitrogen and oxygen atoms in total. The Kier molecular flexibility index (Phi) is 6.86. The second-order valence-corrected chi connectivity index (χ2v) is 8.41. The molecule has 2 aromatic carbocycles. The number of hydrogen-bond acceptors (Lipinski definition) is 6. The predicted molar refractivity (Wildman–Crippen MR) is 127 cm³/mol. The number of carbonyl (C=O) groups excluding carboxylic acids is 2. The van der Waals surface area contributed by atoms with Crippen LogP contribution in [0.3, 0.4) is 0 Å². The molecule has 0 atom stereocenters. The molecule has 0 bridgehead atoms. The number of amides is 2. The molecule has 1 aliphatic rings. The minimum Gasteiger partial charge on any atom is -0.476 e. The molecule has 35 heavy (non-hydrogen) atoms. The first-order chi connectivity index (χ1) is 16.9. The third kappa shape index (κ3) is 4.75. The first-order valence-electron chi connectivity index (χ1n) is 11.5. The van der Waals surface area contributed by atoms with E-state index in [4.69, 9.17) is 14.4 Å². The van der Waals surface area contributed by atoms with Crippen LogP contribution in [0.15, 0.2) is 59.1 Å². The highest BCUT2D eigenvalue weighted by Gasteiger charge is 2.38. The number of rotatable bonds is 9. The lowest BCUT2D eigenvalue weighted by molar-refractivity contribution is -0.128. The van der Waals surface area contributed by atoms with E-state index in [-0.39, 0.29) is 30.5 Å². The van der Waals surface area contributed by atoms with Gasteiger partial charge >= 0.3 is 12.1 Å². The van der Waals surface area contributed by atoms with Crippen molar-refractivity contribution in [1.29, 1.82) is 0 Å². The lowest BCUT2D eigenvalue weighted by atomic mass is 9.91. The van der Waals surface area contributed by atoms with E-state index in [0.29, 0.717) is 12.8 Å². The molecule has 1 aromatic heterocycles. The lowest BCUT2D eigenvalue weighted by Crippen LogP contribution is -2.58. The Hall–Kier alpha value is -4.14. The molecule has 3 aromatic rings. The second-order valence-electron chi connectivity index (χ2n) is 8.41. The number of nitrogens with one attached hydrogen (secondary N) is 2. The van der Waals surface area contributed by atoms with Crippen LogP contribution in [0.25, 0.3) is 11.1 Å². The summed E-state index contributed by atoms with van der Waals surface area (Å²) < 4.78 is 10.6. The summed E-state index contributed by atoms with van der Waals surface area (Å²) in [5.74, 6) is -1.54. The summed E-state index contributed by atoms with van der Waals surface area (Å²) in [5.41, 5.74) is 3.02. The van der Waals surface area contributed by atoms with Crippen LogP contribution in [-0.4, -0.2) is 40.4 Å². The SMILES string of the molecule is CCC(CC)(NC(=O)OCC1c2ccccc2-c2ccccc21)C(=O)NCc1cc(C(=O)O)no1. The number of aromatic carboxylic acids is 1. The molecule has 0 saturated carbocycles. The van der Waals surface area contributed by atoms with Gasteiger partial charge in [0.25, 0.3) is 0 Å². The van der Waals surface area contributed by atoms with Gasteiger partial charge in [0.05, 0.1) is 6.54 Å². The predicted octanol–water partition coefficient (Wildman–Crippen LogP) is 4.09. The van der Waals surface area contributed by atoms with Gasteiger partial charge in [0.2, 0.25) is 5.91 Å². The average Bonchev–Trinajstić information content (AvgIpc) is 3.48. The van der Waals surface area contributed by atoms with Gasteiger partial charge < -0.3 is 25.0 Å². The van der Waals surface area contributed by atoms with Crippen molar-refractivity contribution in [3.63, 3.8) is 0 Å². The fourth-order valence-electron chi connectivity index (χ4n) is 4.47. The van der Waals surface area contributed by atoms with Crippen LogP contribution in [-0.2, 0) is 16.1 Å². The number of carbonyl (C=O) groups is 3. The number of ether oxygens (including phenoxy) is 1. The molecule has 0 aliphatic heterocycles. The molecule has 0 fully saturated rings. The minimum atomic E-state index is -1.22. The molecule has 182 valence electrons. The van der Waals surface area contributed by atoms with Crippen molar-refractivity contribution >= 4 is 18.0 Å². The number of alkyl carbamates (subject to hydrolysis) is 1. The van der Waals surface area contributed by atoms with Crippen LogP contribution in [0.4, 0.5) is 4.79 Å². The monoisotopic (exact) mass is 477 g/mol. The maximum Gasteiger partial charge on any atom is 0.408 e. The number of carboxylic acids is 1. The number of nitrogens with zero attached hydrogens (tertiary/aromatic N) is 1. The zero-order valence-corrected chi connectivity index (χ0v) is 19.5. The Morgan fingerprint density at radius 1 is 1.03 bits per heavy atom. The Labute approximate surface area is 202 Å². The molecule has 0 saturated heterocycles. The van der Waals surface area contributed by atoms with Crippen molar-refractivity contribution in [3.05, 3.63) is 77.2 Å². The van der Waals surface area contributed by atoms with Gasteiger partial charge in [-0.2, -0.15) is 0 Å². The molecule has 2 amide bonds. The fraction of sp³-hybridized carbons (Fsp3) is 0.308. The van der Waals surface area contributed by atoms with Crippen LogP contribution in [0.1, 0.15) is 60.0 Å². The molecular weight excluding hydrogens is 450 g/mol. The van der Waals surface area contributed by atoms with Gasteiger partial charge in [-0.1, -0.05) is 67.5 Å². The van der Waals surface area contributed by atoms with E-state index in [9.17, 15) is 14.4 Å². The van der Waals surface area contributed by atoms with E-state index in [1.165, 1.54) is 6.07 Å². The normalized spacial score (nSPS) is 12.5. The van der Waals surface area contributed by atoms with E-state index in [2.05, 4.69) is 27.9 Å². The molecule has 0 spiro atoms. The first kappa shape index (κ1) is 24.0. The number of carboxylic acid groups (broad SMARTS) is 1. The highest BCUT2D eigenvalue weighted by atomic mass is 16.5. The Balaban J connectivity index is 1.40. The van der Waals surface area contributed by atoms with Gasteiger partial charge in [0, 0.05) is 12.0 Å². The lowest BCUT2D eigenvalue weighted by Gasteiger charge is -2.31. The number of fused-ring (bicyclic) bond motifs is 3. The number of aromatic nitrogens is 1. The van der Waals surface area contributed by atoms with Gasteiger partial charge in [-0.25, -0.2) is 9.59 Å². The molecule has 3 N–H and O–H groups in total. The zero-order valence-electron chi connectivity index (χ0n) is 19.5. The summed E-state index contributed by atoms with van der Waals surface area (Å²) in [5, 5.41) is 17.8. The standard InChI is InChI=1S/C26H27N3O6/c1-3-26(4-2,24(32)27-14-16-13-22(23(30)31)29-35-16)28-25(33)34-15-21-19-11-7-5-9-17(19)18-10-6-8-12-20(18)21/h5-13,21H,3-4,14-15H2,1-2H3,(H,27,32)(H,28,33)(H,30,31).